The smallest absolute Gasteiger partial charge is 0.152 e. The zero-order chi connectivity index (χ0) is 13.0. The van der Waals surface area contributed by atoms with Gasteiger partial charge >= 0.3 is 0 Å². The van der Waals surface area contributed by atoms with Gasteiger partial charge in [0.1, 0.15) is 12.1 Å². The van der Waals surface area contributed by atoms with Crippen molar-refractivity contribution in [2.24, 2.45) is 0 Å². The molecule has 0 bridgehead atoms. The fraction of sp³-hybridized carbons (Fsp3) is 0.333. The molecule has 2 aromatic rings. The van der Waals surface area contributed by atoms with Crippen molar-refractivity contribution in [1.82, 2.24) is 14.8 Å². The van der Waals surface area contributed by atoms with Crippen molar-refractivity contribution in [3.63, 3.8) is 0 Å². The fourth-order valence-corrected chi connectivity index (χ4v) is 1.67. The molecule has 96 valence electrons. The fourth-order valence-electron chi connectivity index (χ4n) is 1.67. The number of aryl methyl sites for hydroxylation is 1. The predicted octanol–water partition coefficient (Wildman–Crippen LogP) is 1.50. The van der Waals surface area contributed by atoms with E-state index >= 15 is 0 Å². The first kappa shape index (κ1) is 12.2. The molecule has 0 aliphatic carbocycles. The van der Waals surface area contributed by atoms with Gasteiger partial charge in [-0.3, -0.25) is 0 Å². The topological polar surface area (TPSA) is 78.0 Å². The molecule has 0 saturated carbocycles. The van der Waals surface area contributed by atoms with E-state index in [1.54, 1.807) is 13.4 Å². The lowest BCUT2D eigenvalue weighted by atomic mass is 10.2. The maximum atomic E-state index is 5.89. The molecular formula is C12H17N5O. The molecule has 1 aromatic carbocycles. The maximum Gasteiger partial charge on any atom is 0.152 e. The molecule has 0 aliphatic rings. The number of aromatic nitrogens is 3. The maximum absolute atomic E-state index is 5.89. The number of nitrogen functional groups attached to an aromatic ring is 1. The van der Waals surface area contributed by atoms with Gasteiger partial charge in [-0.05, 0) is 19.1 Å². The van der Waals surface area contributed by atoms with E-state index in [0.29, 0.717) is 12.2 Å². The van der Waals surface area contributed by atoms with Gasteiger partial charge in [-0.15, -0.1) is 10.2 Å². The van der Waals surface area contributed by atoms with Crippen molar-refractivity contribution in [2.75, 3.05) is 18.2 Å². The molecule has 0 fully saturated rings. The lowest BCUT2D eigenvalue weighted by Gasteiger charge is -2.11. The lowest BCUT2D eigenvalue weighted by molar-refractivity contribution is 0.415. The molecule has 1 heterocycles. The van der Waals surface area contributed by atoms with Crippen LogP contribution in [0.5, 0.6) is 5.75 Å². The van der Waals surface area contributed by atoms with Gasteiger partial charge in [0.25, 0.3) is 0 Å². The van der Waals surface area contributed by atoms with Crippen molar-refractivity contribution >= 4 is 11.4 Å². The molecule has 6 heteroatoms. The van der Waals surface area contributed by atoms with Crippen molar-refractivity contribution in [3.05, 3.63) is 30.4 Å². The Bertz CT molecular complexity index is 523. The van der Waals surface area contributed by atoms with Gasteiger partial charge in [-0.1, -0.05) is 0 Å². The number of methoxy groups -OCH3 is 1. The Balaban J connectivity index is 2.10. The molecule has 0 unspecified atom stereocenters. The van der Waals surface area contributed by atoms with Gasteiger partial charge in [0.2, 0.25) is 0 Å². The van der Waals surface area contributed by atoms with Crippen LogP contribution in [0.1, 0.15) is 12.7 Å². The summed E-state index contributed by atoms with van der Waals surface area (Å²) in [7, 11) is 1.63. The van der Waals surface area contributed by atoms with Crippen LogP contribution in [-0.2, 0) is 13.1 Å². The van der Waals surface area contributed by atoms with E-state index in [-0.39, 0.29) is 0 Å². The summed E-state index contributed by atoms with van der Waals surface area (Å²) in [5.41, 5.74) is 7.41. The number of hydrogen-bond donors (Lipinski definition) is 2. The third-order valence-electron chi connectivity index (χ3n) is 2.73. The van der Waals surface area contributed by atoms with Gasteiger partial charge in [-0.25, -0.2) is 0 Å². The van der Waals surface area contributed by atoms with Gasteiger partial charge in [0.05, 0.1) is 25.0 Å². The predicted molar refractivity (Wildman–Crippen MR) is 70.4 cm³/mol. The van der Waals surface area contributed by atoms with Crippen LogP contribution >= 0.6 is 0 Å². The Morgan fingerprint density at radius 2 is 2.28 bits per heavy atom. The molecule has 3 N–H and O–H groups in total. The minimum Gasteiger partial charge on any atom is -0.497 e. The number of rotatable bonds is 5. The summed E-state index contributed by atoms with van der Waals surface area (Å²) < 4.78 is 7.14. The Labute approximate surface area is 106 Å². The second kappa shape index (κ2) is 5.39. The van der Waals surface area contributed by atoms with Crippen LogP contribution in [0.25, 0.3) is 0 Å². The summed E-state index contributed by atoms with van der Waals surface area (Å²) in [5, 5.41) is 11.2. The molecule has 0 radical (unpaired) electrons. The monoisotopic (exact) mass is 247 g/mol. The number of hydrogen-bond acceptors (Lipinski definition) is 5. The van der Waals surface area contributed by atoms with E-state index in [9.17, 15) is 0 Å². The molecule has 0 aliphatic heterocycles. The highest BCUT2D eigenvalue weighted by Gasteiger charge is 2.05. The van der Waals surface area contributed by atoms with Crippen molar-refractivity contribution in [1.29, 1.82) is 0 Å². The van der Waals surface area contributed by atoms with Gasteiger partial charge < -0.3 is 20.4 Å². The summed E-state index contributed by atoms with van der Waals surface area (Å²) in [6.07, 6.45) is 1.71. The minimum atomic E-state index is 0.575. The first-order chi connectivity index (χ1) is 8.74. The van der Waals surface area contributed by atoms with E-state index in [1.165, 1.54) is 0 Å². The van der Waals surface area contributed by atoms with E-state index < -0.39 is 0 Å². The van der Waals surface area contributed by atoms with E-state index in [4.69, 9.17) is 10.5 Å². The highest BCUT2D eigenvalue weighted by molar-refractivity contribution is 5.68. The minimum absolute atomic E-state index is 0.575. The third kappa shape index (κ3) is 2.53. The number of nitrogens with two attached hydrogens (primary N) is 1. The Kier molecular flexibility index (Phi) is 3.66. The van der Waals surface area contributed by atoms with Crippen LogP contribution in [0.2, 0.25) is 0 Å². The first-order valence-corrected chi connectivity index (χ1v) is 5.78. The zero-order valence-corrected chi connectivity index (χ0v) is 10.6. The number of nitrogens with one attached hydrogen (secondary N) is 1. The third-order valence-corrected chi connectivity index (χ3v) is 2.73. The molecule has 0 spiro atoms. The second-order valence-electron chi connectivity index (χ2n) is 3.84. The number of ether oxygens (including phenoxy) is 1. The zero-order valence-electron chi connectivity index (χ0n) is 10.6. The average molecular weight is 247 g/mol. The first-order valence-electron chi connectivity index (χ1n) is 5.78. The van der Waals surface area contributed by atoms with E-state index in [0.717, 1.165) is 23.8 Å². The molecule has 18 heavy (non-hydrogen) atoms. The summed E-state index contributed by atoms with van der Waals surface area (Å²) in [4.78, 5) is 0. The lowest BCUT2D eigenvalue weighted by Crippen LogP contribution is -2.08. The summed E-state index contributed by atoms with van der Waals surface area (Å²) >= 11 is 0. The SMILES string of the molecule is CCn1cnnc1CNc1cc(OC)ccc1N. The highest BCUT2D eigenvalue weighted by Crippen LogP contribution is 2.24. The number of nitrogens with zero attached hydrogens (tertiary/aromatic N) is 3. The highest BCUT2D eigenvalue weighted by atomic mass is 16.5. The quantitative estimate of drug-likeness (QED) is 0.783. The molecular weight excluding hydrogens is 230 g/mol. The molecule has 0 amide bonds. The normalized spacial score (nSPS) is 10.3. The van der Waals surface area contributed by atoms with E-state index in [2.05, 4.69) is 15.5 Å². The standard InChI is InChI=1S/C12H17N5O/c1-3-17-8-15-16-12(17)7-14-11-6-9(18-2)4-5-10(11)13/h4-6,8,14H,3,7,13H2,1-2H3. The van der Waals surface area contributed by atoms with Crippen molar-refractivity contribution < 1.29 is 4.74 Å². The Morgan fingerprint density at radius 3 is 3.00 bits per heavy atom. The second-order valence-corrected chi connectivity index (χ2v) is 3.84. The largest absolute Gasteiger partial charge is 0.497 e. The molecule has 1 aromatic heterocycles. The molecule has 6 nitrogen and oxygen atoms in total. The van der Waals surface area contributed by atoms with Crippen LogP contribution in [0, 0.1) is 0 Å². The summed E-state index contributed by atoms with van der Waals surface area (Å²) in [6, 6.07) is 5.50. The van der Waals surface area contributed by atoms with Crippen LogP contribution in [0.4, 0.5) is 11.4 Å². The van der Waals surface area contributed by atoms with Gasteiger partial charge in [-0.2, -0.15) is 0 Å². The average Bonchev–Trinajstić information content (AvgIpc) is 2.85. The van der Waals surface area contributed by atoms with Gasteiger partial charge in [0.15, 0.2) is 5.82 Å². The van der Waals surface area contributed by atoms with E-state index in [1.807, 2.05) is 29.7 Å². The van der Waals surface area contributed by atoms with Crippen LogP contribution in [0.15, 0.2) is 24.5 Å². The van der Waals surface area contributed by atoms with Crippen LogP contribution < -0.4 is 15.8 Å². The number of benzene rings is 1. The van der Waals surface area contributed by atoms with Crippen LogP contribution in [-0.4, -0.2) is 21.9 Å². The Morgan fingerprint density at radius 1 is 1.44 bits per heavy atom. The summed E-state index contributed by atoms with van der Waals surface area (Å²) in [6.45, 7) is 3.47. The molecule has 0 atom stereocenters. The number of anilines is 2. The molecule has 0 saturated heterocycles. The van der Waals surface area contributed by atoms with Crippen molar-refractivity contribution in [2.45, 2.75) is 20.0 Å². The van der Waals surface area contributed by atoms with Crippen LogP contribution in [0.3, 0.4) is 0 Å². The van der Waals surface area contributed by atoms with Crippen molar-refractivity contribution in [3.8, 4) is 5.75 Å². The molecule has 2 rings (SSSR count). The Hall–Kier alpha value is -2.24. The summed E-state index contributed by atoms with van der Waals surface area (Å²) in [5.74, 6) is 1.64. The van der Waals surface area contributed by atoms with Gasteiger partial charge in [0, 0.05) is 12.6 Å².